The van der Waals surface area contributed by atoms with E-state index >= 15 is 0 Å². The number of nitrogens with zero attached hydrogens (tertiary/aromatic N) is 1. The molecule has 1 heterocycles. The predicted molar refractivity (Wildman–Crippen MR) is 223 cm³/mol. The molecule has 16 heteroatoms. The number of benzene rings is 2. The van der Waals surface area contributed by atoms with E-state index in [2.05, 4.69) is 21.3 Å². The summed E-state index contributed by atoms with van der Waals surface area (Å²) in [6, 6.07) is 13.1. The number of ketones is 1. The molecule has 330 valence electrons. The Bertz CT molecular complexity index is 1860. The van der Waals surface area contributed by atoms with Gasteiger partial charge in [0.05, 0.1) is 37.1 Å². The van der Waals surface area contributed by atoms with Crippen LogP contribution >= 0.6 is 0 Å². The van der Waals surface area contributed by atoms with Gasteiger partial charge in [-0.3, -0.25) is 38.4 Å². The first-order valence-electron chi connectivity index (χ1n) is 21.6. The van der Waals surface area contributed by atoms with Gasteiger partial charge in [-0.05, 0) is 49.1 Å². The minimum absolute atomic E-state index is 0.0163. The van der Waals surface area contributed by atoms with Crippen LogP contribution in [0.25, 0.3) is 0 Å². The molecule has 5 rings (SSSR count). The van der Waals surface area contributed by atoms with Crippen molar-refractivity contribution in [2.24, 2.45) is 23.5 Å². The predicted octanol–water partition coefficient (Wildman–Crippen LogP) is 2.83. The number of amides is 6. The fourth-order valence-electron chi connectivity index (χ4n) is 8.75. The normalized spacial score (nSPS) is 21.9. The van der Waals surface area contributed by atoms with Crippen LogP contribution in [0.2, 0.25) is 0 Å². The molecule has 1 aliphatic heterocycles. The molecule has 0 aromatic heterocycles. The van der Waals surface area contributed by atoms with Gasteiger partial charge in [0.2, 0.25) is 35.3 Å². The number of ether oxygens (including phenoxy) is 1. The van der Waals surface area contributed by atoms with Gasteiger partial charge in [-0.25, -0.2) is 0 Å². The summed E-state index contributed by atoms with van der Waals surface area (Å²) in [6.45, 7) is 1.46. The third-order valence-electron chi connectivity index (χ3n) is 12.1. The van der Waals surface area contributed by atoms with Crippen LogP contribution in [0.1, 0.15) is 108 Å². The molecular weight excluding hydrogens is 785 g/mol. The Morgan fingerprint density at radius 2 is 1.44 bits per heavy atom. The number of carboxylic acid groups (broad SMARTS) is 1. The molecular formula is C45H60N6O10. The summed E-state index contributed by atoms with van der Waals surface area (Å²) in [6.07, 6.45) is 6.85. The van der Waals surface area contributed by atoms with Gasteiger partial charge < -0.3 is 41.7 Å². The summed E-state index contributed by atoms with van der Waals surface area (Å²) in [5.74, 6) is -8.30. The Hall–Kier alpha value is -5.64. The molecule has 2 aromatic carbocycles. The number of unbranched alkanes of at least 4 members (excludes halogenated alkanes) is 1. The smallest absolute Gasteiger partial charge is 0.307 e. The zero-order chi connectivity index (χ0) is 43.9. The number of nitrogens with one attached hydrogen (secondary N) is 4. The van der Waals surface area contributed by atoms with E-state index in [4.69, 9.17) is 10.5 Å². The zero-order valence-electron chi connectivity index (χ0n) is 34.9. The molecule has 7 N–H and O–H groups in total. The maximum Gasteiger partial charge on any atom is 0.307 e. The van der Waals surface area contributed by atoms with Crippen LogP contribution in [0.3, 0.4) is 0 Å². The molecule has 0 radical (unpaired) electrons. The van der Waals surface area contributed by atoms with E-state index in [9.17, 15) is 43.5 Å². The zero-order valence-corrected chi connectivity index (χ0v) is 34.9. The van der Waals surface area contributed by atoms with Crippen molar-refractivity contribution in [1.82, 2.24) is 26.2 Å². The number of carbonyl (C=O) groups is 8. The van der Waals surface area contributed by atoms with Crippen molar-refractivity contribution < 1.29 is 48.2 Å². The van der Waals surface area contributed by atoms with Crippen molar-refractivity contribution in [3.8, 4) is 0 Å². The monoisotopic (exact) mass is 844 g/mol. The van der Waals surface area contributed by atoms with Gasteiger partial charge >= 0.3 is 5.97 Å². The lowest BCUT2D eigenvalue weighted by Gasteiger charge is -2.36. The summed E-state index contributed by atoms with van der Waals surface area (Å²) in [7, 11) is 0. The number of carbonyl (C=O) groups excluding carboxylic acids is 7. The van der Waals surface area contributed by atoms with E-state index in [1.807, 2.05) is 37.3 Å². The average Bonchev–Trinajstić information content (AvgIpc) is 3.72. The number of Topliss-reactive ketones (excluding diaryl/α,β-unsaturated/α-hetero) is 1. The van der Waals surface area contributed by atoms with Crippen molar-refractivity contribution in [2.45, 2.75) is 127 Å². The van der Waals surface area contributed by atoms with Crippen molar-refractivity contribution >= 4 is 47.2 Å². The minimum atomic E-state index is -1.30. The molecule has 61 heavy (non-hydrogen) atoms. The van der Waals surface area contributed by atoms with Crippen LogP contribution in [-0.2, 0) is 49.7 Å². The lowest BCUT2D eigenvalue weighted by atomic mass is 9.78. The minimum Gasteiger partial charge on any atom is -0.481 e. The number of nitrogens with two attached hydrogens (primary N) is 1. The van der Waals surface area contributed by atoms with E-state index in [-0.39, 0.29) is 31.9 Å². The number of likely N-dealkylation sites (tertiary alicyclic amines) is 1. The van der Waals surface area contributed by atoms with Crippen molar-refractivity contribution in [2.75, 3.05) is 13.1 Å². The Labute approximate surface area is 356 Å². The van der Waals surface area contributed by atoms with Crippen LogP contribution in [0, 0.1) is 17.8 Å². The third-order valence-corrected chi connectivity index (χ3v) is 12.1. The summed E-state index contributed by atoms with van der Waals surface area (Å²) in [4.78, 5) is 108. The highest BCUT2D eigenvalue weighted by molar-refractivity contribution is 6.38. The van der Waals surface area contributed by atoms with Gasteiger partial charge in [-0.15, -0.1) is 0 Å². The third kappa shape index (κ3) is 12.9. The molecule has 7 atom stereocenters. The number of rotatable bonds is 20. The quantitative estimate of drug-likeness (QED) is 0.107. The second kappa shape index (κ2) is 22.8. The summed E-state index contributed by atoms with van der Waals surface area (Å²) < 4.78 is 6.25. The Morgan fingerprint density at radius 3 is 2.08 bits per heavy atom. The number of hydrogen-bond donors (Lipinski definition) is 6. The lowest BCUT2D eigenvalue weighted by molar-refractivity contribution is -0.150. The molecule has 0 spiro atoms. The molecule has 3 aliphatic rings. The van der Waals surface area contributed by atoms with Crippen LogP contribution in [0.4, 0.5) is 0 Å². The Balaban J connectivity index is 1.33. The van der Waals surface area contributed by atoms with E-state index in [0.717, 1.165) is 24.8 Å². The topological polar surface area (TPSA) is 243 Å². The highest BCUT2D eigenvalue weighted by atomic mass is 16.5. The van der Waals surface area contributed by atoms with Gasteiger partial charge in [-0.2, -0.15) is 0 Å². The van der Waals surface area contributed by atoms with Gasteiger partial charge in [0.15, 0.2) is 0 Å². The summed E-state index contributed by atoms with van der Waals surface area (Å²) in [5, 5.41) is 20.4. The van der Waals surface area contributed by atoms with Gasteiger partial charge in [-0.1, -0.05) is 113 Å². The second-order valence-electron chi connectivity index (χ2n) is 16.4. The lowest BCUT2D eigenvalue weighted by Crippen LogP contribution is -2.59. The molecule has 0 bridgehead atoms. The van der Waals surface area contributed by atoms with Crippen LogP contribution in [0.15, 0.2) is 60.7 Å². The number of primary amides is 1. The van der Waals surface area contributed by atoms with Gasteiger partial charge in [0.25, 0.3) is 5.91 Å². The number of carboxylic acids is 1. The van der Waals surface area contributed by atoms with Crippen LogP contribution in [0.5, 0.6) is 0 Å². The molecule has 5 unspecified atom stereocenters. The van der Waals surface area contributed by atoms with Crippen molar-refractivity contribution in [3.63, 3.8) is 0 Å². The summed E-state index contributed by atoms with van der Waals surface area (Å²) >= 11 is 0. The molecule has 1 saturated heterocycles. The maximum absolute atomic E-state index is 14.8. The molecule has 3 fully saturated rings. The van der Waals surface area contributed by atoms with E-state index in [0.29, 0.717) is 56.9 Å². The SMILES string of the molecule is CCCCC(NC(=O)[C@@H]1C[C@@H](OCc2ccccc2)CN1C(=O)C(NC(=O)C1CCCCC1C(=O)O)C1CCCCC1)C(=O)C(=O)NCC(=O)NC(C(N)=O)c1ccccc1. The van der Waals surface area contributed by atoms with Crippen LogP contribution in [-0.4, -0.2) is 94.5 Å². The first-order valence-corrected chi connectivity index (χ1v) is 21.6. The first kappa shape index (κ1) is 46.4. The maximum atomic E-state index is 14.8. The fourth-order valence-corrected chi connectivity index (χ4v) is 8.75. The molecule has 16 nitrogen and oxygen atoms in total. The van der Waals surface area contributed by atoms with Gasteiger partial charge in [0.1, 0.15) is 18.1 Å². The summed E-state index contributed by atoms with van der Waals surface area (Å²) in [5.41, 5.74) is 6.82. The van der Waals surface area contributed by atoms with Crippen molar-refractivity contribution in [3.05, 3.63) is 71.8 Å². The Morgan fingerprint density at radius 1 is 0.803 bits per heavy atom. The standard InChI is InChI=1S/C45H60N6O10/c1-2-3-23-34(39(53)43(57)47-25-36(52)49-37(40(46)54)29-17-9-5-10-18-29)48-42(56)35-24-31(61-27-28-15-7-4-8-16-28)26-51(35)44(58)38(30-19-11-6-12-20-30)50-41(55)32-21-13-14-22-33(32)45(59)60/h4-5,7-10,15-18,30-35,37-38H,2-3,6,11-14,19-27H2,1H3,(H2,46,54)(H,47,57)(H,48,56)(H,49,52)(H,50,55)(H,59,60)/t31-,32?,33?,34?,35+,37?,38?/m1/s1. The number of hydrogen-bond acceptors (Lipinski definition) is 9. The fraction of sp³-hybridized carbons (Fsp3) is 0.556. The van der Waals surface area contributed by atoms with Gasteiger partial charge in [0, 0.05) is 13.0 Å². The van der Waals surface area contributed by atoms with Crippen LogP contribution < -0.4 is 27.0 Å². The number of aliphatic carboxylic acids is 1. The Kier molecular flexibility index (Phi) is 17.4. The van der Waals surface area contributed by atoms with E-state index < -0.39 is 95.8 Å². The highest BCUT2D eigenvalue weighted by Crippen LogP contribution is 2.33. The average molecular weight is 845 g/mol. The molecule has 2 aliphatic carbocycles. The molecule has 2 aromatic rings. The molecule has 2 saturated carbocycles. The first-order chi connectivity index (χ1) is 29.4. The van der Waals surface area contributed by atoms with E-state index in [1.54, 1.807) is 30.3 Å². The van der Waals surface area contributed by atoms with E-state index in [1.165, 1.54) is 4.90 Å². The second-order valence-corrected chi connectivity index (χ2v) is 16.4. The molecule has 6 amide bonds. The largest absolute Gasteiger partial charge is 0.481 e. The van der Waals surface area contributed by atoms with Crippen molar-refractivity contribution in [1.29, 1.82) is 0 Å². The highest BCUT2D eigenvalue weighted by Gasteiger charge is 2.46.